The number of aromatic nitrogens is 2. The molecule has 116 valence electrons. The second-order valence-corrected chi connectivity index (χ2v) is 5.85. The topological polar surface area (TPSA) is 47.2 Å². The van der Waals surface area contributed by atoms with E-state index in [9.17, 15) is 4.79 Å². The second-order valence-electron chi connectivity index (χ2n) is 5.85. The Morgan fingerprint density at radius 2 is 1.70 bits per heavy atom. The molecule has 1 aromatic heterocycles. The number of benzene rings is 2. The molecule has 0 unspecified atom stereocenters. The molecule has 0 aliphatic carbocycles. The van der Waals surface area contributed by atoms with Crippen molar-refractivity contribution >= 4 is 17.1 Å². The molecule has 0 atom stereocenters. The lowest BCUT2D eigenvalue weighted by Crippen LogP contribution is -2.20. The van der Waals surface area contributed by atoms with Crippen molar-refractivity contribution in [1.82, 2.24) is 9.66 Å². The zero-order chi connectivity index (χ0) is 16.6. The summed E-state index contributed by atoms with van der Waals surface area (Å²) in [6.07, 6.45) is 1.74. The third-order valence-electron chi connectivity index (χ3n) is 3.96. The number of fused-ring (bicyclic) bond motifs is 1. The van der Waals surface area contributed by atoms with Crippen LogP contribution in [0.15, 0.2) is 46.3 Å². The summed E-state index contributed by atoms with van der Waals surface area (Å²) >= 11 is 0. The Bertz CT molecular complexity index is 961. The van der Waals surface area contributed by atoms with Crippen molar-refractivity contribution in [3.8, 4) is 0 Å². The molecule has 23 heavy (non-hydrogen) atoms. The Labute approximate surface area is 135 Å². The molecule has 0 amide bonds. The summed E-state index contributed by atoms with van der Waals surface area (Å²) in [5.74, 6) is 0.576. The van der Waals surface area contributed by atoms with Gasteiger partial charge in [0.25, 0.3) is 5.56 Å². The zero-order valence-corrected chi connectivity index (χ0v) is 13.8. The minimum atomic E-state index is -0.147. The number of hydrogen-bond donors (Lipinski definition) is 0. The van der Waals surface area contributed by atoms with Gasteiger partial charge in [0.1, 0.15) is 5.82 Å². The monoisotopic (exact) mass is 305 g/mol. The summed E-state index contributed by atoms with van der Waals surface area (Å²) < 4.78 is 1.36. The summed E-state index contributed by atoms with van der Waals surface area (Å²) in [5.41, 5.74) is 5.10. The van der Waals surface area contributed by atoms with E-state index < -0.39 is 0 Å². The van der Waals surface area contributed by atoms with Gasteiger partial charge in [-0.25, -0.2) is 4.98 Å². The fourth-order valence-electron chi connectivity index (χ4n) is 2.88. The van der Waals surface area contributed by atoms with E-state index in [-0.39, 0.29) is 5.56 Å². The Morgan fingerprint density at radius 1 is 1.04 bits per heavy atom. The zero-order valence-electron chi connectivity index (χ0n) is 13.8. The van der Waals surface area contributed by atoms with Gasteiger partial charge in [-0.1, -0.05) is 29.8 Å². The standard InChI is InChI=1S/C19H19N3O/c1-12-9-13(2)17(14(3)10-12)11-20-22-15(4)21-18-8-6-5-7-16(18)19(22)23/h5-11H,1-4H3/b20-11+. The van der Waals surface area contributed by atoms with E-state index in [1.807, 2.05) is 18.2 Å². The highest BCUT2D eigenvalue weighted by Crippen LogP contribution is 2.14. The minimum Gasteiger partial charge on any atom is -0.267 e. The van der Waals surface area contributed by atoms with Crippen LogP contribution < -0.4 is 5.56 Å². The molecule has 0 fully saturated rings. The van der Waals surface area contributed by atoms with Crippen molar-refractivity contribution in [2.75, 3.05) is 0 Å². The predicted molar refractivity (Wildman–Crippen MR) is 94.4 cm³/mol. The highest BCUT2D eigenvalue weighted by molar-refractivity contribution is 5.84. The predicted octanol–water partition coefficient (Wildman–Crippen LogP) is 3.51. The lowest BCUT2D eigenvalue weighted by molar-refractivity contribution is 0.770. The average Bonchev–Trinajstić information content (AvgIpc) is 2.49. The van der Waals surface area contributed by atoms with Gasteiger partial charge in [-0.3, -0.25) is 4.79 Å². The number of aryl methyl sites for hydroxylation is 4. The molecule has 0 aliphatic rings. The molecule has 4 heteroatoms. The fraction of sp³-hybridized carbons (Fsp3) is 0.211. The quantitative estimate of drug-likeness (QED) is 0.680. The fourth-order valence-corrected chi connectivity index (χ4v) is 2.88. The Hall–Kier alpha value is -2.75. The molecule has 0 bridgehead atoms. The smallest absolute Gasteiger partial charge is 0.267 e. The normalized spacial score (nSPS) is 11.5. The van der Waals surface area contributed by atoms with Crippen LogP contribution in [0.3, 0.4) is 0 Å². The SMILES string of the molecule is Cc1cc(C)c(/C=N/n2c(C)nc3ccccc3c2=O)c(C)c1. The molecule has 0 radical (unpaired) electrons. The molecule has 3 aromatic rings. The van der Waals surface area contributed by atoms with Crippen molar-refractivity contribution in [2.24, 2.45) is 5.10 Å². The van der Waals surface area contributed by atoms with Gasteiger partial charge in [0, 0.05) is 5.56 Å². The summed E-state index contributed by atoms with van der Waals surface area (Å²) in [4.78, 5) is 17.1. The van der Waals surface area contributed by atoms with Gasteiger partial charge in [0.15, 0.2) is 0 Å². The minimum absolute atomic E-state index is 0.147. The first kappa shape index (κ1) is 15.2. The molecule has 1 heterocycles. The highest BCUT2D eigenvalue weighted by atomic mass is 16.1. The first-order valence-corrected chi connectivity index (χ1v) is 7.58. The van der Waals surface area contributed by atoms with E-state index in [0.29, 0.717) is 16.7 Å². The van der Waals surface area contributed by atoms with Crippen molar-refractivity contribution in [3.05, 3.63) is 74.8 Å². The highest BCUT2D eigenvalue weighted by Gasteiger charge is 2.07. The van der Waals surface area contributed by atoms with E-state index in [4.69, 9.17) is 0 Å². The molecule has 4 nitrogen and oxygen atoms in total. The van der Waals surface area contributed by atoms with Crippen LogP contribution >= 0.6 is 0 Å². The van der Waals surface area contributed by atoms with Crippen LogP contribution in [0.2, 0.25) is 0 Å². The van der Waals surface area contributed by atoms with Crippen LogP contribution in [-0.4, -0.2) is 15.9 Å². The van der Waals surface area contributed by atoms with Gasteiger partial charge in [0.05, 0.1) is 17.1 Å². The number of para-hydroxylation sites is 1. The van der Waals surface area contributed by atoms with E-state index in [1.54, 1.807) is 19.2 Å². The Morgan fingerprint density at radius 3 is 2.39 bits per heavy atom. The number of nitrogens with zero attached hydrogens (tertiary/aromatic N) is 3. The molecule has 2 aromatic carbocycles. The summed E-state index contributed by atoms with van der Waals surface area (Å²) in [5, 5.41) is 4.97. The molecule has 0 N–H and O–H groups in total. The maximum atomic E-state index is 12.6. The lowest BCUT2D eigenvalue weighted by Gasteiger charge is -2.08. The molecule has 0 aliphatic heterocycles. The summed E-state index contributed by atoms with van der Waals surface area (Å²) in [6.45, 7) is 7.97. The van der Waals surface area contributed by atoms with Crippen LogP contribution in [0.5, 0.6) is 0 Å². The maximum Gasteiger partial charge on any atom is 0.282 e. The Balaban J connectivity index is 2.14. The van der Waals surface area contributed by atoms with Gasteiger partial charge >= 0.3 is 0 Å². The third kappa shape index (κ3) is 2.80. The van der Waals surface area contributed by atoms with Crippen molar-refractivity contribution < 1.29 is 0 Å². The summed E-state index contributed by atoms with van der Waals surface area (Å²) in [7, 11) is 0. The van der Waals surface area contributed by atoms with Crippen molar-refractivity contribution in [2.45, 2.75) is 27.7 Å². The summed E-state index contributed by atoms with van der Waals surface area (Å²) in [6, 6.07) is 11.6. The van der Waals surface area contributed by atoms with E-state index in [2.05, 4.69) is 43.0 Å². The van der Waals surface area contributed by atoms with Crippen LogP contribution in [-0.2, 0) is 0 Å². The van der Waals surface area contributed by atoms with Crippen LogP contribution in [0, 0.1) is 27.7 Å². The van der Waals surface area contributed by atoms with E-state index in [1.165, 1.54) is 10.2 Å². The average molecular weight is 305 g/mol. The first-order valence-electron chi connectivity index (χ1n) is 7.58. The molecule has 0 spiro atoms. The molecule has 0 saturated heterocycles. The largest absolute Gasteiger partial charge is 0.282 e. The third-order valence-corrected chi connectivity index (χ3v) is 3.96. The van der Waals surface area contributed by atoms with Crippen LogP contribution in [0.1, 0.15) is 28.1 Å². The number of hydrogen-bond acceptors (Lipinski definition) is 3. The molecular weight excluding hydrogens is 286 g/mol. The van der Waals surface area contributed by atoms with Crippen LogP contribution in [0.4, 0.5) is 0 Å². The maximum absolute atomic E-state index is 12.6. The lowest BCUT2D eigenvalue weighted by atomic mass is 10.0. The molecular formula is C19H19N3O. The molecule has 3 rings (SSSR count). The Kier molecular flexibility index (Phi) is 3.82. The van der Waals surface area contributed by atoms with Gasteiger partial charge in [0.2, 0.25) is 0 Å². The van der Waals surface area contributed by atoms with Gasteiger partial charge in [-0.15, -0.1) is 0 Å². The first-order chi connectivity index (χ1) is 11.0. The van der Waals surface area contributed by atoms with Gasteiger partial charge in [-0.2, -0.15) is 9.78 Å². The molecule has 0 saturated carbocycles. The van der Waals surface area contributed by atoms with Crippen molar-refractivity contribution in [3.63, 3.8) is 0 Å². The van der Waals surface area contributed by atoms with E-state index in [0.717, 1.165) is 16.7 Å². The van der Waals surface area contributed by atoms with Gasteiger partial charge < -0.3 is 0 Å². The van der Waals surface area contributed by atoms with Crippen molar-refractivity contribution in [1.29, 1.82) is 0 Å². The number of rotatable bonds is 2. The van der Waals surface area contributed by atoms with Gasteiger partial charge in [-0.05, 0) is 51.0 Å². The van der Waals surface area contributed by atoms with E-state index >= 15 is 0 Å². The van der Waals surface area contributed by atoms with Crippen LogP contribution in [0.25, 0.3) is 10.9 Å². The second kappa shape index (κ2) is 5.80.